The van der Waals surface area contributed by atoms with Crippen molar-refractivity contribution in [2.75, 3.05) is 6.54 Å². The Morgan fingerprint density at radius 2 is 2.19 bits per heavy atom. The van der Waals surface area contributed by atoms with E-state index in [-0.39, 0.29) is 24.2 Å². The van der Waals surface area contributed by atoms with Crippen LogP contribution in [0.1, 0.15) is 35.7 Å². The molecule has 27 heavy (non-hydrogen) atoms. The Morgan fingerprint density at radius 1 is 1.30 bits per heavy atom. The number of aryl methyl sites for hydroxylation is 1. The van der Waals surface area contributed by atoms with E-state index in [2.05, 4.69) is 15.2 Å². The molecule has 5 nitrogen and oxygen atoms in total. The number of aromatic amines is 1. The van der Waals surface area contributed by atoms with Crippen LogP contribution >= 0.6 is 0 Å². The summed E-state index contributed by atoms with van der Waals surface area (Å²) in [5.74, 6) is -0.308. The van der Waals surface area contributed by atoms with Gasteiger partial charge in [0.05, 0.1) is 24.4 Å². The Morgan fingerprint density at radius 3 is 3.00 bits per heavy atom. The maximum atomic E-state index is 13.4. The summed E-state index contributed by atoms with van der Waals surface area (Å²) < 4.78 is 13.4. The molecule has 138 valence electrons. The molecular weight excluding hydrogens is 343 g/mol. The van der Waals surface area contributed by atoms with Gasteiger partial charge >= 0.3 is 0 Å². The second-order valence-corrected chi connectivity index (χ2v) is 6.94. The molecule has 1 atom stereocenters. The van der Waals surface area contributed by atoms with Crippen molar-refractivity contribution in [1.82, 2.24) is 20.1 Å². The van der Waals surface area contributed by atoms with Crippen LogP contribution in [0.15, 0.2) is 48.9 Å². The zero-order chi connectivity index (χ0) is 18.8. The third-order valence-corrected chi connectivity index (χ3v) is 5.13. The quantitative estimate of drug-likeness (QED) is 0.765. The second kappa shape index (κ2) is 7.31. The van der Waals surface area contributed by atoms with Crippen molar-refractivity contribution < 1.29 is 9.18 Å². The van der Waals surface area contributed by atoms with Crippen molar-refractivity contribution in [1.29, 1.82) is 0 Å². The van der Waals surface area contributed by atoms with E-state index in [0.717, 1.165) is 35.2 Å². The van der Waals surface area contributed by atoms with E-state index >= 15 is 0 Å². The van der Waals surface area contributed by atoms with Crippen molar-refractivity contribution in [3.8, 4) is 11.1 Å². The van der Waals surface area contributed by atoms with Gasteiger partial charge in [0, 0.05) is 24.5 Å². The molecular formula is C21H21FN4O. The number of halogens is 1. The van der Waals surface area contributed by atoms with Crippen LogP contribution < -0.4 is 0 Å². The van der Waals surface area contributed by atoms with E-state index in [9.17, 15) is 9.18 Å². The monoisotopic (exact) mass is 364 g/mol. The van der Waals surface area contributed by atoms with Crippen LogP contribution in [0.5, 0.6) is 0 Å². The fourth-order valence-corrected chi connectivity index (χ4v) is 3.83. The standard InChI is InChI=1S/C21H21FN4O/c1-14-12-23-8-7-17(14)18-13-24-25-21(18)19-6-3-9-26(19)20(27)11-15-4-2-5-16(22)10-15/h2,4-5,7-8,10,12-13,19H,3,6,9,11H2,1H3,(H,24,25). The number of nitrogens with zero attached hydrogens (tertiary/aromatic N) is 3. The zero-order valence-corrected chi connectivity index (χ0v) is 15.2. The van der Waals surface area contributed by atoms with Crippen molar-refractivity contribution in [3.05, 3.63) is 71.6 Å². The summed E-state index contributed by atoms with van der Waals surface area (Å²) in [7, 11) is 0. The topological polar surface area (TPSA) is 61.9 Å². The molecule has 1 unspecified atom stereocenters. The van der Waals surface area contributed by atoms with E-state index in [4.69, 9.17) is 0 Å². The maximum Gasteiger partial charge on any atom is 0.227 e. The molecule has 3 aromatic rings. The number of amides is 1. The highest BCUT2D eigenvalue weighted by molar-refractivity contribution is 5.80. The molecule has 6 heteroatoms. The fourth-order valence-electron chi connectivity index (χ4n) is 3.83. The lowest BCUT2D eigenvalue weighted by Gasteiger charge is -2.25. The average molecular weight is 364 g/mol. The van der Waals surface area contributed by atoms with E-state index in [1.807, 2.05) is 30.3 Å². The maximum absolute atomic E-state index is 13.4. The Balaban J connectivity index is 1.60. The number of likely N-dealkylation sites (tertiary alicyclic amines) is 1. The minimum Gasteiger partial charge on any atom is -0.334 e. The minimum absolute atomic E-state index is 0.00935. The molecule has 0 radical (unpaired) electrons. The average Bonchev–Trinajstić information content (AvgIpc) is 3.31. The van der Waals surface area contributed by atoms with Crippen LogP contribution in [0.2, 0.25) is 0 Å². The molecule has 2 aromatic heterocycles. The summed E-state index contributed by atoms with van der Waals surface area (Å²) >= 11 is 0. The van der Waals surface area contributed by atoms with Gasteiger partial charge in [0.1, 0.15) is 5.82 Å². The molecule has 1 saturated heterocycles. The molecule has 0 aliphatic carbocycles. The SMILES string of the molecule is Cc1cnccc1-c1cn[nH]c1C1CCCN1C(=O)Cc1cccc(F)c1. The van der Waals surface area contributed by atoms with Crippen LogP contribution in [0, 0.1) is 12.7 Å². The number of benzene rings is 1. The molecule has 1 aromatic carbocycles. The Hall–Kier alpha value is -3.02. The third-order valence-electron chi connectivity index (χ3n) is 5.13. The molecule has 3 heterocycles. The number of hydrogen-bond donors (Lipinski definition) is 1. The Labute approximate surface area is 157 Å². The Kier molecular flexibility index (Phi) is 4.71. The van der Waals surface area contributed by atoms with E-state index in [1.165, 1.54) is 12.1 Å². The van der Waals surface area contributed by atoms with Crippen LogP contribution in [0.3, 0.4) is 0 Å². The van der Waals surface area contributed by atoms with E-state index in [1.54, 1.807) is 18.3 Å². The predicted molar refractivity (Wildman–Crippen MR) is 100 cm³/mol. The molecule has 4 rings (SSSR count). The van der Waals surface area contributed by atoms with Gasteiger partial charge in [-0.25, -0.2) is 4.39 Å². The number of carbonyl (C=O) groups is 1. The number of nitrogens with one attached hydrogen (secondary N) is 1. The lowest BCUT2D eigenvalue weighted by Crippen LogP contribution is -2.32. The second-order valence-electron chi connectivity index (χ2n) is 6.94. The fraction of sp³-hybridized carbons (Fsp3) is 0.286. The van der Waals surface area contributed by atoms with Gasteiger partial charge in [-0.1, -0.05) is 12.1 Å². The lowest BCUT2D eigenvalue weighted by atomic mass is 9.98. The first-order valence-electron chi connectivity index (χ1n) is 9.11. The third kappa shape index (κ3) is 3.47. The summed E-state index contributed by atoms with van der Waals surface area (Å²) in [4.78, 5) is 18.9. The van der Waals surface area contributed by atoms with Gasteiger partial charge in [-0.15, -0.1) is 0 Å². The summed E-state index contributed by atoms with van der Waals surface area (Å²) in [6, 6.07) is 8.16. The largest absolute Gasteiger partial charge is 0.334 e. The Bertz CT molecular complexity index is 968. The number of rotatable bonds is 4. The normalized spacial score (nSPS) is 16.7. The summed E-state index contributed by atoms with van der Waals surface area (Å²) in [6.07, 6.45) is 7.42. The highest BCUT2D eigenvalue weighted by Crippen LogP contribution is 2.37. The number of hydrogen-bond acceptors (Lipinski definition) is 3. The van der Waals surface area contributed by atoms with Gasteiger partial charge in [-0.2, -0.15) is 5.10 Å². The smallest absolute Gasteiger partial charge is 0.227 e. The first kappa shape index (κ1) is 17.4. The minimum atomic E-state index is -0.317. The molecule has 1 amide bonds. The summed E-state index contributed by atoms with van der Waals surface area (Å²) in [5, 5.41) is 7.35. The molecule has 1 fully saturated rings. The summed E-state index contributed by atoms with van der Waals surface area (Å²) in [5.41, 5.74) is 4.79. The van der Waals surface area contributed by atoms with Crippen LogP contribution in [0.4, 0.5) is 4.39 Å². The first-order valence-corrected chi connectivity index (χ1v) is 9.11. The van der Waals surface area contributed by atoms with Gasteiger partial charge in [-0.05, 0) is 54.7 Å². The van der Waals surface area contributed by atoms with Crippen LogP contribution in [-0.4, -0.2) is 32.5 Å². The predicted octanol–water partition coefficient (Wildman–Crippen LogP) is 3.83. The van der Waals surface area contributed by atoms with Gasteiger partial charge < -0.3 is 4.90 Å². The van der Waals surface area contributed by atoms with Gasteiger partial charge in [0.2, 0.25) is 5.91 Å². The number of aromatic nitrogens is 3. The molecule has 0 spiro atoms. The molecule has 1 aliphatic heterocycles. The van der Waals surface area contributed by atoms with E-state index < -0.39 is 0 Å². The van der Waals surface area contributed by atoms with Crippen molar-refractivity contribution in [2.24, 2.45) is 0 Å². The van der Waals surface area contributed by atoms with Crippen molar-refractivity contribution in [2.45, 2.75) is 32.2 Å². The van der Waals surface area contributed by atoms with Crippen molar-refractivity contribution >= 4 is 5.91 Å². The van der Waals surface area contributed by atoms with Crippen LogP contribution in [0.25, 0.3) is 11.1 Å². The van der Waals surface area contributed by atoms with Gasteiger partial charge in [0.25, 0.3) is 0 Å². The molecule has 1 aliphatic rings. The highest BCUT2D eigenvalue weighted by atomic mass is 19.1. The highest BCUT2D eigenvalue weighted by Gasteiger charge is 2.32. The number of carbonyl (C=O) groups excluding carboxylic acids is 1. The summed E-state index contributed by atoms with van der Waals surface area (Å²) in [6.45, 7) is 2.72. The molecule has 0 saturated carbocycles. The van der Waals surface area contributed by atoms with Gasteiger partial charge in [0.15, 0.2) is 0 Å². The first-order chi connectivity index (χ1) is 13.1. The van der Waals surface area contributed by atoms with Crippen LogP contribution in [-0.2, 0) is 11.2 Å². The van der Waals surface area contributed by atoms with E-state index in [0.29, 0.717) is 12.1 Å². The van der Waals surface area contributed by atoms with Crippen molar-refractivity contribution in [3.63, 3.8) is 0 Å². The number of H-pyrrole nitrogens is 1. The van der Waals surface area contributed by atoms with Gasteiger partial charge in [-0.3, -0.25) is 14.9 Å². The zero-order valence-electron chi connectivity index (χ0n) is 15.2. The lowest BCUT2D eigenvalue weighted by molar-refractivity contribution is -0.131. The molecule has 0 bridgehead atoms. The number of pyridine rings is 1. The molecule has 1 N–H and O–H groups in total.